The Labute approximate surface area is 125 Å². The van der Waals surface area contributed by atoms with E-state index in [1.54, 1.807) is 7.11 Å². The Balaban J connectivity index is 2.47. The molecule has 116 valence electrons. The van der Waals surface area contributed by atoms with Gasteiger partial charge in [-0.1, -0.05) is 12.1 Å². The molecule has 0 aromatic heterocycles. The van der Waals surface area contributed by atoms with Crippen LogP contribution in [0.1, 0.15) is 32.3 Å². The van der Waals surface area contributed by atoms with Crippen LogP contribution in [0.15, 0.2) is 24.3 Å². The number of carbonyl (C=O) groups excluding carboxylic acids is 1. The van der Waals surface area contributed by atoms with Crippen molar-refractivity contribution in [1.82, 2.24) is 4.90 Å². The summed E-state index contributed by atoms with van der Waals surface area (Å²) in [6.07, 6.45) is 1.79. The fraction of sp³-hybridized carbons (Fsp3) is 0.500. The Morgan fingerprint density at radius 1 is 1.24 bits per heavy atom. The second-order valence-electron chi connectivity index (χ2n) is 5.52. The van der Waals surface area contributed by atoms with Gasteiger partial charge >= 0.3 is 5.97 Å². The molecule has 5 nitrogen and oxygen atoms in total. The van der Waals surface area contributed by atoms with E-state index in [0.717, 1.165) is 17.7 Å². The molecule has 0 unspecified atom stereocenters. The maximum Gasteiger partial charge on any atom is 0.329 e. The molecule has 0 spiro atoms. The number of benzene rings is 1. The second kappa shape index (κ2) is 7.11. The lowest BCUT2D eigenvalue weighted by molar-refractivity contribution is -0.155. The van der Waals surface area contributed by atoms with Crippen LogP contribution >= 0.6 is 0 Å². The van der Waals surface area contributed by atoms with E-state index in [4.69, 9.17) is 9.84 Å². The first kappa shape index (κ1) is 17.0. The van der Waals surface area contributed by atoms with Gasteiger partial charge in [-0.15, -0.1) is 0 Å². The highest BCUT2D eigenvalue weighted by Crippen LogP contribution is 2.16. The number of nitrogens with zero attached hydrogens (tertiary/aromatic N) is 1. The average molecular weight is 293 g/mol. The topological polar surface area (TPSA) is 66.8 Å². The maximum absolute atomic E-state index is 12.0. The van der Waals surface area contributed by atoms with E-state index in [9.17, 15) is 9.59 Å². The average Bonchev–Trinajstić information content (AvgIpc) is 2.46. The van der Waals surface area contributed by atoms with Crippen molar-refractivity contribution in [2.75, 3.05) is 14.2 Å². The largest absolute Gasteiger partial charge is 0.497 e. The highest BCUT2D eigenvalue weighted by atomic mass is 16.5. The summed E-state index contributed by atoms with van der Waals surface area (Å²) in [5.74, 6) is -0.359. The van der Waals surface area contributed by atoms with E-state index in [2.05, 4.69) is 0 Å². The first-order valence-electron chi connectivity index (χ1n) is 6.92. The third-order valence-corrected chi connectivity index (χ3v) is 3.75. The number of aryl methyl sites for hydroxylation is 1. The van der Waals surface area contributed by atoms with Gasteiger partial charge in [0.1, 0.15) is 11.3 Å². The quantitative estimate of drug-likeness (QED) is 0.838. The van der Waals surface area contributed by atoms with Crippen LogP contribution < -0.4 is 4.74 Å². The van der Waals surface area contributed by atoms with Crippen molar-refractivity contribution < 1.29 is 19.4 Å². The number of carboxylic acid groups (broad SMARTS) is 1. The van der Waals surface area contributed by atoms with E-state index in [1.165, 1.54) is 25.8 Å². The number of methoxy groups -OCH3 is 1. The van der Waals surface area contributed by atoms with Crippen LogP contribution in [0.2, 0.25) is 0 Å². The normalized spacial score (nSPS) is 11.0. The van der Waals surface area contributed by atoms with E-state index in [1.807, 2.05) is 24.3 Å². The number of amides is 1. The van der Waals surface area contributed by atoms with Crippen molar-refractivity contribution in [3.05, 3.63) is 29.8 Å². The highest BCUT2D eigenvalue weighted by molar-refractivity contribution is 5.86. The third kappa shape index (κ3) is 4.48. The Kier molecular flexibility index (Phi) is 5.76. The lowest BCUT2D eigenvalue weighted by Crippen LogP contribution is -2.50. The van der Waals surface area contributed by atoms with E-state index in [-0.39, 0.29) is 5.91 Å². The maximum atomic E-state index is 12.0. The van der Waals surface area contributed by atoms with Gasteiger partial charge in [-0.25, -0.2) is 4.79 Å². The summed E-state index contributed by atoms with van der Waals surface area (Å²) in [5.41, 5.74) is -0.0549. The second-order valence-corrected chi connectivity index (χ2v) is 5.52. The van der Waals surface area contributed by atoms with Crippen molar-refractivity contribution >= 4 is 11.9 Å². The SMILES string of the molecule is COc1ccc(CCCC(=O)N(C)C(C)(C)C(=O)O)cc1. The smallest absolute Gasteiger partial charge is 0.329 e. The fourth-order valence-corrected chi connectivity index (χ4v) is 1.86. The molecule has 0 aliphatic rings. The summed E-state index contributed by atoms with van der Waals surface area (Å²) in [6, 6.07) is 7.70. The van der Waals surface area contributed by atoms with Crippen molar-refractivity contribution in [3.63, 3.8) is 0 Å². The minimum Gasteiger partial charge on any atom is -0.497 e. The molecular formula is C16H23NO4. The minimum absolute atomic E-state index is 0.157. The lowest BCUT2D eigenvalue weighted by Gasteiger charge is -2.31. The molecule has 1 aromatic carbocycles. The standard InChI is InChI=1S/C16H23NO4/c1-16(2,15(19)20)17(3)14(18)7-5-6-12-8-10-13(21-4)11-9-12/h8-11H,5-7H2,1-4H3,(H,19,20). The van der Waals surface area contributed by atoms with Gasteiger partial charge in [-0.2, -0.15) is 0 Å². The van der Waals surface area contributed by atoms with Crippen LogP contribution in [0.25, 0.3) is 0 Å². The van der Waals surface area contributed by atoms with Crippen LogP contribution in [0.5, 0.6) is 5.75 Å². The number of carboxylic acids is 1. The minimum atomic E-state index is -1.18. The number of carbonyl (C=O) groups is 2. The molecule has 1 rings (SSSR count). The first-order valence-corrected chi connectivity index (χ1v) is 6.92. The zero-order valence-corrected chi connectivity index (χ0v) is 13.0. The van der Waals surface area contributed by atoms with Gasteiger partial charge in [0, 0.05) is 13.5 Å². The van der Waals surface area contributed by atoms with Gasteiger partial charge < -0.3 is 14.7 Å². The van der Waals surface area contributed by atoms with Gasteiger partial charge in [0.2, 0.25) is 5.91 Å². The molecule has 0 aliphatic heterocycles. The van der Waals surface area contributed by atoms with Crippen molar-refractivity contribution in [2.45, 2.75) is 38.6 Å². The number of aliphatic carboxylic acids is 1. The number of hydrogen-bond acceptors (Lipinski definition) is 3. The van der Waals surface area contributed by atoms with E-state index in [0.29, 0.717) is 12.8 Å². The Hall–Kier alpha value is -2.04. The first-order chi connectivity index (χ1) is 9.78. The van der Waals surface area contributed by atoms with Crippen molar-refractivity contribution in [2.24, 2.45) is 0 Å². The van der Waals surface area contributed by atoms with Crippen LogP contribution in [0.3, 0.4) is 0 Å². The molecule has 0 aliphatic carbocycles. The molecular weight excluding hydrogens is 270 g/mol. The molecule has 0 heterocycles. The molecule has 0 fully saturated rings. The molecule has 0 saturated heterocycles. The number of ether oxygens (including phenoxy) is 1. The summed E-state index contributed by atoms with van der Waals surface area (Å²) >= 11 is 0. The van der Waals surface area contributed by atoms with Gasteiger partial charge in [-0.05, 0) is 44.4 Å². The van der Waals surface area contributed by atoms with Crippen LogP contribution in [-0.4, -0.2) is 41.6 Å². The van der Waals surface area contributed by atoms with Gasteiger partial charge in [-0.3, -0.25) is 4.79 Å². The molecule has 5 heteroatoms. The summed E-state index contributed by atoms with van der Waals surface area (Å²) in [5, 5.41) is 9.11. The molecule has 0 saturated carbocycles. The summed E-state index contributed by atoms with van der Waals surface area (Å²) < 4.78 is 5.09. The summed E-state index contributed by atoms with van der Waals surface area (Å²) in [6.45, 7) is 3.05. The van der Waals surface area contributed by atoms with Crippen LogP contribution in [0.4, 0.5) is 0 Å². The predicted octanol–water partition coefficient (Wildman–Crippen LogP) is 2.34. The molecule has 1 amide bonds. The molecule has 1 aromatic rings. The highest BCUT2D eigenvalue weighted by Gasteiger charge is 2.34. The van der Waals surface area contributed by atoms with E-state index < -0.39 is 11.5 Å². The fourth-order valence-electron chi connectivity index (χ4n) is 1.86. The van der Waals surface area contributed by atoms with Crippen LogP contribution in [0, 0.1) is 0 Å². The summed E-state index contributed by atoms with van der Waals surface area (Å²) in [4.78, 5) is 24.4. The van der Waals surface area contributed by atoms with Crippen molar-refractivity contribution in [3.8, 4) is 5.75 Å². The zero-order chi connectivity index (χ0) is 16.0. The van der Waals surface area contributed by atoms with Gasteiger partial charge in [0.25, 0.3) is 0 Å². The number of rotatable bonds is 7. The molecule has 0 bridgehead atoms. The molecule has 0 atom stereocenters. The Bertz CT molecular complexity index is 494. The predicted molar refractivity (Wildman–Crippen MR) is 80.4 cm³/mol. The van der Waals surface area contributed by atoms with E-state index >= 15 is 0 Å². The monoisotopic (exact) mass is 293 g/mol. The van der Waals surface area contributed by atoms with Gasteiger partial charge in [0.05, 0.1) is 7.11 Å². The summed E-state index contributed by atoms with van der Waals surface area (Å²) in [7, 11) is 3.15. The molecule has 21 heavy (non-hydrogen) atoms. The number of likely N-dealkylation sites (N-methyl/N-ethyl adjacent to an activating group) is 1. The molecule has 1 N–H and O–H groups in total. The Morgan fingerprint density at radius 2 is 1.81 bits per heavy atom. The lowest BCUT2D eigenvalue weighted by atomic mass is 10.0. The number of hydrogen-bond donors (Lipinski definition) is 1. The van der Waals surface area contributed by atoms with Crippen LogP contribution in [-0.2, 0) is 16.0 Å². The third-order valence-electron chi connectivity index (χ3n) is 3.75. The van der Waals surface area contributed by atoms with Crippen molar-refractivity contribution in [1.29, 1.82) is 0 Å². The molecule has 0 radical (unpaired) electrons. The van der Waals surface area contributed by atoms with Gasteiger partial charge in [0.15, 0.2) is 0 Å². The Morgan fingerprint density at radius 3 is 2.29 bits per heavy atom. The zero-order valence-electron chi connectivity index (χ0n) is 13.0.